The molecular weight excluding hydrogens is 256 g/mol. The van der Waals surface area contributed by atoms with Crippen LogP contribution in [0.25, 0.3) is 0 Å². The van der Waals surface area contributed by atoms with Crippen LogP contribution in [0, 0.1) is 5.92 Å². The molecule has 2 unspecified atom stereocenters. The summed E-state index contributed by atoms with van der Waals surface area (Å²) in [5, 5.41) is 12.5. The number of hydrogen-bond acceptors (Lipinski definition) is 4. The molecule has 2 aliphatic rings. The van der Waals surface area contributed by atoms with Gasteiger partial charge in [-0.3, -0.25) is 4.79 Å². The molecule has 18 heavy (non-hydrogen) atoms. The van der Waals surface area contributed by atoms with Crippen molar-refractivity contribution in [2.24, 2.45) is 11.7 Å². The third-order valence-electron chi connectivity index (χ3n) is 3.82. The lowest BCUT2D eigenvalue weighted by atomic mass is 10.1. The first-order valence-electron chi connectivity index (χ1n) is 6.52. The molecule has 1 saturated heterocycles. The molecule has 1 amide bonds. The second-order valence-corrected chi connectivity index (χ2v) is 5.06. The highest BCUT2D eigenvalue weighted by Crippen LogP contribution is 2.25. The number of amides is 1. The van der Waals surface area contributed by atoms with E-state index in [9.17, 15) is 9.90 Å². The van der Waals surface area contributed by atoms with Crippen LogP contribution in [-0.2, 0) is 9.53 Å². The zero-order valence-corrected chi connectivity index (χ0v) is 11.3. The van der Waals surface area contributed by atoms with Crippen LogP contribution in [0.2, 0.25) is 0 Å². The van der Waals surface area contributed by atoms with Gasteiger partial charge in [-0.1, -0.05) is 6.42 Å². The quantitative estimate of drug-likeness (QED) is 0.685. The SMILES string of the molecule is Cl.NC[C@H]1CC[C@@H](C(=O)NCC2CCCC2O)O1. The van der Waals surface area contributed by atoms with Gasteiger partial charge in [-0.25, -0.2) is 0 Å². The Morgan fingerprint density at radius 3 is 2.67 bits per heavy atom. The Morgan fingerprint density at radius 1 is 1.33 bits per heavy atom. The lowest BCUT2D eigenvalue weighted by molar-refractivity contribution is -0.132. The summed E-state index contributed by atoms with van der Waals surface area (Å²) < 4.78 is 5.51. The van der Waals surface area contributed by atoms with Gasteiger partial charge in [-0.15, -0.1) is 12.4 Å². The Labute approximate surface area is 114 Å². The molecule has 6 heteroatoms. The monoisotopic (exact) mass is 278 g/mol. The van der Waals surface area contributed by atoms with Gasteiger partial charge in [0.1, 0.15) is 6.10 Å². The lowest BCUT2D eigenvalue weighted by Crippen LogP contribution is -2.39. The van der Waals surface area contributed by atoms with Crippen LogP contribution in [0.15, 0.2) is 0 Å². The fraction of sp³-hybridized carbons (Fsp3) is 0.917. The maximum Gasteiger partial charge on any atom is 0.249 e. The highest BCUT2D eigenvalue weighted by atomic mass is 35.5. The predicted octanol–water partition coefficient (Wildman–Crippen LogP) is 0.192. The van der Waals surface area contributed by atoms with Gasteiger partial charge in [0.2, 0.25) is 5.91 Å². The molecular formula is C12H23ClN2O3. The molecule has 5 nitrogen and oxygen atoms in total. The average molecular weight is 279 g/mol. The largest absolute Gasteiger partial charge is 0.393 e. The van der Waals surface area contributed by atoms with Crippen LogP contribution in [0.4, 0.5) is 0 Å². The molecule has 2 rings (SSSR count). The molecule has 1 saturated carbocycles. The first kappa shape index (κ1) is 15.7. The molecule has 0 spiro atoms. The number of aliphatic hydroxyl groups excluding tert-OH is 1. The van der Waals surface area contributed by atoms with Gasteiger partial charge < -0.3 is 20.9 Å². The van der Waals surface area contributed by atoms with E-state index in [1.54, 1.807) is 0 Å². The standard InChI is InChI=1S/C12H22N2O3.ClH/c13-6-9-4-5-11(17-9)12(16)14-7-8-2-1-3-10(8)15;/h8-11,15H,1-7,13H2,(H,14,16);1H/t8?,9-,10?,11+;/m1./s1. The summed E-state index contributed by atoms with van der Waals surface area (Å²) in [4.78, 5) is 11.8. The summed E-state index contributed by atoms with van der Waals surface area (Å²) in [6.45, 7) is 1.04. The van der Waals surface area contributed by atoms with Crippen LogP contribution in [-0.4, -0.2) is 42.4 Å². The Kier molecular flexibility index (Phi) is 6.35. The Hall–Kier alpha value is -0.360. The summed E-state index contributed by atoms with van der Waals surface area (Å²) in [7, 11) is 0. The molecule has 0 bridgehead atoms. The molecule has 0 aromatic rings. The van der Waals surface area contributed by atoms with Crippen molar-refractivity contribution in [2.75, 3.05) is 13.1 Å². The van der Waals surface area contributed by atoms with E-state index in [0.717, 1.165) is 32.1 Å². The summed E-state index contributed by atoms with van der Waals surface area (Å²) in [6.07, 6.45) is 3.95. The Balaban J connectivity index is 0.00000162. The van der Waals surface area contributed by atoms with Gasteiger partial charge in [0.15, 0.2) is 0 Å². The zero-order valence-electron chi connectivity index (χ0n) is 10.5. The van der Waals surface area contributed by atoms with E-state index in [2.05, 4.69) is 5.32 Å². The number of halogens is 1. The van der Waals surface area contributed by atoms with Gasteiger partial charge in [-0.2, -0.15) is 0 Å². The van der Waals surface area contributed by atoms with Crippen LogP contribution in [0.5, 0.6) is 0 Å². The molecule has 0 aromatic heterocycles. The zero-order chi connectivity index (χ0) is 12.3. The van der Waals surface area contributed by atoms with Gasteiger partial charge in [0, 0.05) is 19.0 Å². The van der Waals surface area contributed by atoms with Crippen LogP contribution in [0.3, 0.4) is 0 Å². The fourth-order valence-electron chi connectivity index (χ4n) is 2.67. The van der Waals surface area contributed by atoms with Gasteiger partial charge in [0.25, 0.3) is 0 Å². The van der Waals surface area contributed by atoms with Gasteiger partial charge in [-0.05, 0) is 25.7 Å². The number of aliphatic hydroxyl groups is 1. The normalized spacial score (nSPS) is 35.2. The molecule has 1 aliphatic carbocycles. The summed E-state index contributed by atoms with van der Waals surface area (Å²) in [6, 6.07) is 0. The van der Waals surface area contributed by atoms with E-state index in [1.807, 2.05) is 0 Å². The van der Waals surface area contributed by atoms with E-state index in [4.69, 9.17) is 10.5 Å². The van der Waals surface area contributed by atoms with Crippen LogP contribution < -0.4 is 11.1 Å². The average Bonchev–Trinajstić information content (AvgIpc) is 2.94. The number of hydrogen-bond donors (Lipinski definition) is 3. The maximum absolute atomic E-state index is 11.8. The molecule has 2 fully saturated rings. The minimum atomic E-state index is -0.345. The van der Waals surface area contributed by atoms with Crippen molar-refractivity contribution in [3.05, 3.63) is 0 Å². The molecule has 4 N–H and O–H groups in total. The van der Waals surface area contributed by atoms with Crippen molar-refractivity contribution in [1.29, 1.82) is 0 Å². The molecule has 1 aliphatic heterocycles. The van der Waals surface area contributed by atoms with E-state index in [-0.39, 0.29) is 42.5 Å². The van der Waals surface area contributed by atoms with Crippen LogP contribution >= 0.6 is 12.4 Å². The van der Waals surface area contributed by atoms with E-state index in [1.165, 1.54) is 0 Å². The Morgan fingerprint density at radius 2 is 2.11 bits per heavy atom. The number of ether oxygens (including phenoxy) is 1. The van der Waals surface area contributed by atoms with Gasteiger partial charge >= 0.3 is 0 Å². The summed E-state index contributed by atoms with van der Waals surface area (Å²) >= 11 is 0. The summed E-state index contributed by atoms with van der Waals surface area (Å²) in [5.74, 6) is 0.158. The van der Waals surface area contributed by atoms with Crippen molar-refractivity contribution in [3.8, 4) is 0 Å². The third kappa shape index (κ3) is 3.82. The Bertz CT molecular complexity index is 278. The van der Waals surface area contributed by atoms with Crippen molar-refractivity contribution in [1.82, 2.24) is 5.32 Å². The second kappa shape index (κ2) is 7.28. The van der Waals surface area contributed by atoms with Gasteiger partial charge in [0.05, 0.1) is 12.2 Å². The number of nitrogens with one attached hydrogen (secondary N) is 1. The van der Waals surface area contributed by atoms with E-state index in [0.29, 0.717) is 13.1 Å². The smallest absolute Gasteiger partial charge is 0.249 e. The lowest BCUT2D eigenvalue weighted by Gasteiger charge is -2.17. The van der Waals surface area contributed by atoms with Crippen molar-refractivity contribution < 1.29 is 14.6 Å². The summed E-state index contributed by atoms with van der Waals surface area (Å²) in [5.41, 5.74) is 5.50. The minimum absolute atomic E-state index is 0. The highest BCUT2D eigenvalue weighted by Gasteiger charge is 2.31. The number of nitrogens with two attached hydrogens (primary N) is 1. The van der Waals surface area contributed by atoms with E-state index >= 15 is 0 Å². The van der Waals surface area contributed by atoms with Crippen LogP contribution in [0.1, 0.15) is 32.1 Å². The molecule has 0 radical (unpaired) electrons. The van der Waals surface area contributed by atoms with Crippen molar-refractivity contribution in [3.63, 3.8) is 0 Å². The fourth-order valence-corrected chi connectivity index (χ4v) is 2.67. The molecule has 4 atom stereocenters. The van der Waals surface area contributed by atoms with Crippen molar-refractivity contribution in [2.45, 2.75) is 50.4 Å². The third-order valence-corrected chi connectivity index (χ3v) is 3.82. The minimum Gasteiger partial charge on any atom is -0.393 e. The van der Waals surface area contributed by atoms with Crippen molar-refractivity contribution >= 4 is 18.3 Å². The van der Waals surface area contributed by atoms with E-state index < -0.39 is 0 Å². The number of carbonyl (C=O) groups is 1. The first-order chi connectivity index (χ1) is 8.20. The molecule has 1 heterocycles. The number of rotatable bonds is 4. The topological polar surface area (TPSA) is 84.6 Å². The second-order valence-electron chi connectivity index (χ2n) is 5.06. The molecule has 106 valence electrons. The molecule has 0 aromatic carbocycles. The maximum atomic E-state index is 11.8. The predicted molar refractivity (Wildman–Crippen MR) is 70.6 cm³/mol. The highest BCUT2D eigenvalue weighted by molar-refractivity contribution is 5.85. The first-order valence-corrected chi connectivity index (χ1v) is 6.52. The number of carbonyl (C=O) groups excluding carboxylic acids is 1.